The van der Waals surface area contributed by atoms with E-state index < -0.39 is 5.54 Å². The Hall–Kier alpha value is -1.84. The average Bonchev–Trinajstić information content (AvgIpc) is 3.13. The van der Waals surface area contributed by atoms with Crippen molar-refractivity contribution in [1.82, 2.24) is 0 Å². The lowest BCUT2D eigenvalue weighted by molar-refractivity contribution is -0.141. The van der Waals surface area contributed by atoms with Gasteiger partial charge < -0.3 is 9.64 Å². The molecular formula is C15H17NO3. The predicted octanol–water partition coefficient (Wildman–Crippen LogP) is 2.09. The quantitative estimate of drug-likeness (QED) is 0.780. The summed E-state index contributed by atoms with van der Waals surface area (Å²) >= 11 is 0. The maximum atomic E-state index is 12.5. The second-order valence-corrected chi connectivity index (χ2v) is 5.27. The van der Waals surface area contributed by atoms with Crippen molar-refractivity contribution in [3.05, 3.63) is 29.3 Å². The first-order valence-corrected chi connectivity index (χ1v) is 6.67. The summed E-state index contributed by atoms with van der Waals surface area (Å²) in [6.07, 6.45) is 1.66. The Morgan fingerprint density at radius 2 is 2.16 bits per heavy atom. The number of carbonyl (C=O) groups excluding carboxylic acids is 2. The molecule has 1 aromatic carbocycles. The molecule has 0 unspecified atom stereocenters. The van der Waals surface area contributed by atoms with Crippen LogP contribution in [0, 0.1) is 6.92 Å². The topological polar surface area (TPSA) is 46.6 Å². The Morgan fingerprint density at radius 3 is 2.79 bits per heavy atom. The summed E-state index contributed by atoms with van der Waals surface area (Å²) in [5.41, 5.74) is 2.24. The van der Waals surface area contributed by atoms with Gasteiger partial charge >= 0.3 is 5.97 Å². The van der Waals surface area contributed by atoms with Crippen LogP contribution in [0.1, 0.15) is 35.7 Å². The van der Waals surface area contributed by atoms with E-state index in [1.54, 1.807) is 6.92 Å². The number of nitrogens with zero attached hydrogens (tertiary/aromatic N) is 1. The van der Waals surface area contributed by atoms with Gasteiger partial charge in [-0.1, -0.05) is 11.6 Å². The minimum atomic E-state index is -0.455. The van der Waals surface area contributed by atoms with E-state index in [-0.39, 0.29) is 18.3 Å². The third-order valence-electron chi connectivity index (χ3n) is 3.94. The molecule has 2 aliphatic rings. The molecule has 1 aromatic rings. The van der Waals surface area contributed by atoms with Crippen LogP contribution >= 0.6 is 0 Å². The second kappa shape index (κ2) is 4.08. The highest BCUT2D eigenvalue weighted by Gasteiger charge is 2.60. The number of aryl methyl sites for hydroxylation is 1. The minimum Gasteiger partial charge on any atom is -0.465 e. The van der Waals surface area contributed by atoms with Crippen molar-refractivity contribution >= 4 is 17.4 Å². The molecule has 1 heterocycles. The summed E-state index contributed by atoms with van der Waals surface area (Å²) in [5, 5.41) is 0. The first-order valence-electron chi connectivity index (χ1n) is 6.67. The van der Waals surface area contributed by atoms with Gasteiger partial charge in [-0.25, -0.2) is 0 Å². The zero-order valence-corrected chi connectivity index (χ0v) is 11.2. The monoisotopic (exact) mass is 259 g/mol. The third-order valence-corrected chi connectivity index (χ3v) is 3.94. The van der Waals surface area contributed by atoms with Crippen LogP contribution in [0.15, 0.2) is 18.2 Å². The first kappa shape index (κ1) is 12.2. The van der Waals surface area contributed by atoms with Crippen molar-refractivity contribution in [2.45, 2.75) is 32.2 Å². The van der Waals surface area contributed by atoms with Crippen LogP contribution in [0.3, 0.4) is 0 Å². The van der Waals surface area contributed by atoms with Crippen LogP contribution in [0.25, 0.3) is 0 Å². The number of benzene rings is 1. The zero-order valence-electron chi connectivity index (χ0n) is 11.2. The van der Waals surface area contributed by atoms with Crippen molar-refractivity contribution in [2.75, 3.05) is 18.1 Å². The number of fused-ring (bicyclic) bond motifs is 1. The van der Waals surface area contributed by atoms with E-state index in [4.69, 9.17) is 4.74 Å². The number of Topliss-reactive ketones (excluding diaryl/α,β-unsaturated/α-hetero) is 1. The summed E-state index contributed by atoms with van der Waals surface area (Å²) in [7, 11) is 0. The molecule has 0 N–H and O–H groups in total. The predicted molar refractivity (Wildman–Crippen MR) is 71.5 cm³/mol. The fourth-order valence-electron chi connectivity index (χ4n) is 2.86. The molecule has 1 aliphatic carbocycles. The van der Waals surface area contributed by atoms with Crippen molar-refractivity contribution in [2.24, 2.45) is 0 Å². The first-order chi connectivity index (χ1) is 9.08. The number of esters is 1. The van der Waals surface area contributed by atoms with Gasteiger partial charge in [-0.05, 0) is 38.8 Å². The van der Waals surface area contributed by atoms with E-state index in [9.17, 15) is 9.59 Å². The summed E-state index contributed by atoms with van der Waals surface area (Å²) in [4.78, 5) is 26.1. The average molecular weight is 259 g/mol. The van der Waals surface area contributed by atoms with E-state index in [1.165, 1.54) is 0 Å². The van der Waals surface area contributed by atoms with Gasteiger partial charge in [0.15, 0.2) is 5.78 Å². The molecular weight excluding hydrogens is 242 g/mol. The fraction of sp³-hybridized carbons (Fsp3) is 0.467. The van der Waals surface area contributed by atoms with Crippen molar-refractivity contribution in [3.63, 3.8) is 0 Å². The Bertz CT molecular complexity index is 561. The molecule has 0 bridgehead atoms. The van der Waals surface area contributed by atoms with Crippen LogP contribution in [0.2, 0.25) is 0 Å². The maximum Gasteiger partial charge on any atom is 0.325 e. The van der Waals surface area contributed by atoms with E-state index in [1.807, 2.05) is 30.0 Å². The fourth-order valence-corrected chi connectivity index (χ4v) is 2.86. The van der Waals surface area contributed by atoms with E-state index in [0.29, 0.717) is 6.61 Å². The SMILES string of the molecule is CCOC(=O)CN1c2ccc(C)cc2C(=O)C12CC2. The summed E-state index contributed by atoms with van der Waals surface area (Å²) < 4.78 is 5.01. The zero-order chi connectivity index (χ0) is 13.6. The van der Waals surface area contributed by atoms with Gasteiger partial charge in [0, 0.05) is 11.3 Å². The molecule has 1 saturated carbocycles. The Balaban J connectivity index is 1.96. The number of ether oxygens (including phenoxy) is 1. The maximum absolute atomic E-state index is 12.5. The lowest BCUT2D eigenvalue weighted by Gasteiger charge is -2.24. The van der Waals surface area contributed by atoms with Gasteiger partial charge in [0.1, 0.15) is 12.1 Å². The molecule has 4 nitrogen and oxygen atoms in total. The number of hydrogen-bond donors (Lipinski definition) is 0. The van der Waals surface area contributed by atoms with Gasteiger partial charge in [0.25, 0.3) is 0 Å². The standard InChI is InChI=1S/C15H17NO3/c1-3-19-13(17)9-16-12-5-4-10(2)8-11(12)14(18)15(16)6-7-15/h4-5,8H,3,6-7,9H2,1-2H3. The van der Waals surface area contributed by atoms with Gasteiger partial charge in [-0.3, -0.25) is 9.59 Å². The number of ketones is 1. The summed E-state index contributed by atoms with van der Waals surface area (Å²) in [6, 6.07) is 5.84. The van der Waals surface area contributed by atoms with Crippen LogP contribution in [-0.4, -0.2) is 30.4 Å². The van der Waals surface area contributed by atoms with E-state index in [2.05, 4.69) is 0 Å². The molecule has 0 amide bonds. The lowest BCUT2D eigenvalue weighted by Crippen LogP contribution is -2.41. The molecule has 0 atom stereocenters. The van der Waals surface area contributed by atoms with Crippen molar-refractivity contribution in [1.29, 1.82) is 0 Å². The van der Waals surface area contributed by atoms with E-state index >= 15 is 0 Å². The highest BCUT2D eigenvalue weighted by molar-refractivity contribution is 6.16. The number of carbonyl (C=O) groups is 2. The van der Waals surface area contributed by atoms with Crippen molar-refractivity contribution < 1.29 is 14.3 Å². The molecule has 19 heavy (non-hydrogen) atoms. The van der Waals surface area contributed by atoms with Gasteiger partial charge in [0.05, 0.1) is 6.61 Å². The molecule has 100 valence electrons. The normalized spacial score (nSPS) is 18.6. The lowest BCUT2D eigenvalue weighted by atomic mass is 10.1. The summed E-state index contributed by atoms with van der Waals surface area (Å²) in [6.45, 7) is 4.29. The largest absolute Gasteiger partial charge is 0.465 e. The highest BCUT2D eigenvalue weighted by atomic mass is 16.5. The van der Waals surface area contributed by atoms with Gasteiger partial charge in [-0.15, -0.1) is 0 Å². The molecule has 0 aromatic heterocycles. The Kier molecular flexibility index (Phi) is 2.62. The molecule has 3 rings (SSSR count). The smallest absolute Gasteiger partial charge is 0.325 e. The van der Waals surface area contributed by atoms with Crippen LogP contribution < -0.4 is 4.90 Å². The molecule has 0 radical (unpaired) electrons. The summed E-state index contributed by atoms with van der Waals surface area (Å²) in [5.74, 6) is -0.106. The molecule has 1 aliphatic heterocycles. The molecule has 1 spiro atoms. The van der Waals surface area contributed by atoms with Crippen molar-refractivity contribution in [3.8, 4) is 0 Å². The number of hydrogen-bond acceptors (Lipinski definition) is 4. The van der Waals surface area contributed by atoms with Gasteiger partial charge in [0.2, 0.25) is 0 Å². The second-order valence-electron chi connectivity index (χ2n) is 5.27. The van der Waals surface area contributed by atoms with Gasteiger partial charge in [-0.2, -0.15) is 0 Å². The number of anilines is 1. The van der Waals surface area contributed by atoms with Crippen LogP contribution in [0.4, 0.5) is 5.69 Å². The third kappa shape index (κ3) is 1.74. The molecule has 4 heteroatoms. The molecule has 0 saturated heterocycles. The van der Waals surface area contributed by atoms with E-state index in [0.717, 1.165) is 29.7 Å². The Morgan fingerprint density at radius 1 is 1.42 bits per heavy atom. The minimum absolute atomic E-state index is 0.162. The molecule has 1 fully saturated rings. The van der Waals surface area contributed by atoms with Crippen LogP contribution in [0.5, 0.6) is 0 Å². The van der Waals surface area contributed by atoms with Crippen LogP contribution in [-0.2, 0) is 9.53 Å². The highest BCUT2D eigenvalue weighted by Crippen LogP contribution is 2.52. The Labute approximate surface area is 112 Å². The number of rotatable bonds is 3.